The largest absolute Gasteiger partial charge is 0.369 e. The minimum atomic E-state index is 0. The lowest BCUT2D eigenvalue weighted by Gasteiger charge is -2.36. The number of rotatable bonds is 8. The van der Waals surface area contributed by atoms with Crippen molar-refractivity contribution in [3.8, 4) is 0 Å². The van der Waals surface area contributed by atoms with E-state index in [4.69, 9.17) is 0 Å². The molecule has 2 rings (SSSR count). The zero-order chi connectivity index (χ0) is 17.9. The van der Waals surface area contributed by atoms with Crippen LogP contribution in [0.2, 0.25) is 0 Å². The van der Waals surface area contributed by atoms with E-state index in [-0.39, 0.29) is 24.0 Å². The van der Waals surface area contributed by atoms with Crippen LogP contribution < -0.4 is 10.2 Å². The van der Waals surface area contributed by atoms with Gasteiger partial charge in [-0.05, 0) is 31.5 Å². The van der Waals surface area contributed by atoms with Crippen LogP contribution in [0.5, 0.6) is 0 Å². The second-order valence-electron chi connectivity index (χ2n) is 6.77. The molecule has 1 aliphatic heterocycles. The lowest BCUT2D eigenvalue weighted by Crippen LogP contribution is -2.47. The number of para-hydroxylation sites is 1. The van der Waals surface area contributed by atoms with Crippen molar-refractivity contribution in [2.45, 2.75) is 26.2 Å². The van der Waals surface area contributed by atoms with Gasteiger partial charge in [0.15, 0.2) is 5.96 Å². The molecule has 1 saturated heterocycles. The van der Waals surface area contributed by atoms with Gasteiger partial charge in [-0.1, -0.05) is 31.5 Å². The van der Waals surface area contributed by atoms with Crippen LogP contribution in [0.15, 0.2) is 35.3 Å². The van der Waals surface area contributed by atoms with Gasteiger partial charge in [0, 0.05) is 59.1 Å². The van der Waals surface area contributed by atoms with Gasteiger partial charge in [0.05, 0.1) is 0 Å². The number of unbranched alkanes of at least 4 members (excludes halogenated alkanes) is 1. The van der Waals surface area contributed by atoms with Gasteiger partial charge in [-0.25, -0.2) is 0 Å². The maximum Gasteiger partial charge on any atom is 0.193 e. The molecule has 0 spiro atoms. The van der Waals surface area contributed by atoms with E-state index in [1.165, 1.54) is 18.5 Å². The molecule has 26 heavy (non-hydrogen) atoms. The Morgan fingerprint density at radius 2 is 1.81 bits per heavy atom. The Morgan fingerprint density at radius 3 is 2.42 bits per heavy atom. The van der Waals surface area contributed by atoms with Crippen molar-refractivity contribution in [1.82, 2.24) is 15.1 Å². The maximum absolute atomic E-state index is 4.38. The fourth-order valence-electron chi connectivity index (χ4n) is 3.26. The highest BCUT2D eigenvalue weighted by atomic mass is 127. The number of piperazine rings is 1. The van der Waals surface area contributed by atoms with Gasteiger partial charge in [0.1, 0.15) is 0 Å². The molecule has 0 aliphatic carbocycles. The summed E-state index contributed by atoms with van der Waals surface area (Å²) < 4.78 is 0. The molecule has 0 saturated carbocycles. The first kappa shape index (κ1) is 23.0. The smallest absolute Gasteiger partial charge is 0.193 e. The maximum atomic E-state index is 4.38. The molecule has 0 amide bonds. The normalized spacial score (nSPS) is 15.5. The zero-order valence-electron chi connectivity index (χ0n) is 16.7. The van der Waals surface area contributed by atoms with Crippen molar-refractivity contribution < 1.29 is 0 Å². The molecule has 1 aliphatic rings. The summed E-state index contributed by atoms with van der Waals surface area (Å²) in [6.07, 6.45) is 3.59. The van der Waals surface area contributed by atoms with Crippen LogP contribution in [0.4, 0.5) is 5.69 Å². The van der Waals surface area contributed by atoms with Gasteiger partial charge in [0.25, 0.3) is 0 Å². The van der Waals surface area contributed by atoms with Crippen molar-refractivity contribution in [3.05, 3.63) is 30.3 Å². The van der Waals surface area contributed by atoms with E-state index >= 15 is 0 Å². The van der Waals surface area contributed by atoms with Crippen molar-refractivity contribution >= 4 is 35.6 Å². The van der Waals surface area contributed by atoms with Crippen molar-refractivity contribution in [2.24, 2.45) is 4.99 Å². The van der Waals surface area contributed by atoms with Crippen molar-refractivity contribution in [1.29, 1.82) is 0 Å². The number of guanidine groups is 1. The SMILES string of the molecule is CCCCN(C)C(=NC)NCCCN1CCN(c2ccccc2)CC1.I. The molecule has 0 radical (unpaired) electrons. The van der Waals surface area contributed by atoms with Crippen LogP contribution in [0.3, 0.4) is 0 Å². The van der Waals surface area contributed by atoms with Crippen LogP contribution in [-0.2, 0) is 0 Å². The number of benzene rings is 1. The fourth-order valence-corrected chi connectivity index (χ4v) is 3.26. The first-order chi connectivity index (χ1) is 12.2. The summed E-state index contributed by atoms with van der Waals surface area (Å²) in [6.45, 7) is 9.99. The topological polar surface area (TPSA) is 34.1 Å². The zero-order valence-corrected chi connectivity index (χ0v) is 19.0. The number of nitrogens with one attached hydrogen (secondary N) is 1. The molecule has 1 heterocycles. The summed E-state index contributed by atoms with van der Waals surface area (Å²) in [6, 6.07) is 10.7. The number of hydrogen-bond acceptors (Lipinski definition) is 3. The highest BCUT2D eigenvalue weighted by Crippen LogP contribution is 2.15. The summed E-state index contributed by atoms with van der Waals surface area (Å²) >= 11 is 0. The quantitative estimate of drug-likeness (QED) is 0.272. The van der Waals surface area contributed by atoms with E-state index in [0.717, 1.165) is 58.2 Å². The highest BCUT2D eigenvalue weighted by molar-refractivity contribution is 14.0. The minimum Gasteiger partial charge on any atom is -0.369 e. The Hall–Kier alpha value is -1.02. The number of anilines is 1. The van der Waals surface area contributed by atoms with Gasteiger partial charge in [0.2, 0.25) is 0 Å². The number of nitrogens with zero attached hydrogens (tertiary/aromatic N) is 4. The van der Waals surface area contributed by atoms with Crippen LogP contribution in [-0.4, -0.2) is 75.7 Å². The molecule has 1 fully saturated rings. The van der Waals surface area contributed by atoms with Gasteiger partial charge in [-0.2, -0.15) is 0 Å². The van der Waals surface area contributed by atoms with E-state index in [2.05, 4.69) is 69.3 Å². The Kier molecular flexibility index (Phi) is 11.7. The number of hydrogen-bond donors (Lipinski definition) is 1. The summed E-state index contributed by atoms with van der Waals surface area (Å²) in [5, 5.41) is 3.49. The number of halogens is 1. The van der Waals surface area contributed by atoms with Gasteiger partial charge in [-0.15, -0.1) is 24.0 Å². The Morgan fingerprint density at radius 1 is 1.12 bits per heavy atom. The second kappa shape index (κ2) is 13.2. The summed E-state index contributed by atoms with van der Waals surface area (Å²) in [4.78, 5) is 11.7. The fraction of sp³-hybridized carbons (Fsp3) is 0.650. The monoisotopic (exact) mass is 473 g/mol. The third kappa shape index (κ3) is 7.70. The average Bonchev–Trinajstić information content (AvgIpc) is 2.67. The summed E-state index contributed by atoms with van der Waals surface area (Å²) in [5.41, 5.74) is 1.35. The Bertz CT molecular complexity index is 500. The summed E-state index contributed by atoms with van der Waals surface area (Å²) in [7, 11) is 3.99. The third-order valence-electron chi connectivity index (χ3n) is 4.85. The lowest BCUT2D eigenvalue weighted by molar-refractivity contribution is 0.255. The van der Waals surface area contributed by atoms with E-state index in [1.54, 1.807) is 0 Å². The van der Waals surface area contributed by atoms with E-state index in [1.807, 2.05) is 7.05 Å². The molecular weight excluding hydrogens is 437 g/mol. The van der Waals surface area contributed by atoms with Crippen molar-refractivity contribution in [2.75, 3.05) is 64.8 Å². The van der Waals surface area contributed by atoms with Gasteiger partial charge in [-0.3, -0.25) is 9.89 Å². The highest BCUT2D eigenvalue weighted by Gasteiger charge is 2.16. The first-order valence-corrected chi connectivity index (χ1v) is 9.68. The van der Waals surface area contributed by atoms with Crippen LogP contribution in [0.1, 0.15) is 26.2 Å². The molecule has 5 nitrogen and oxygen atoms in total. The molecular formula is C20H36IN5. The molecule has 0 aromatic heterocycles. The van der Waals surface area contributed by atoms with Gasteiger partial charge < -0.3 is 15.1 Å². The Labute approximate surface area is 176 Å². The van der Waals surface area contributed by atoms with Crippen molar-refractivity contribution in [3.63, 3.8) is 0 Å². The Balaban J connectivity index is 0.00000338. The molecule has 1 aromatic rings. The molecule has 148 valence electrons. The molecule has 0 atom stereocenters. The lowest BCUT2D eigenvalue weighted by atomic mass is 10.2. The van der Waals surface area contributed by atoms with Crippen LogP contribution in [0.25, 0.3) is 0 Å². The number of aliphatic imine (C=N–C) groups is 1. The van der Waals surface area contributed by atoms with Crippen LogP contribution >= 0.6 is 24.0 Å². The average molecular weight is 473 g/mol. The van der Waals surface area contributed by atoms with Crippen LogP contribution in [0, 0.1) is 0 Å². The molecule has 1 aromatic carbocycles. The van der Waals surface area contributed by atoms with E-state index in [9.17, 15) is 0 Å². The van der Waals surface area contributed by atoms with Gasteiger partial charge >= 0.3 is 0 Å². The summed E-state index contributed by atoms with van der Waals surface area (Å²) in [5.74, 6) is 1.02. The third-order valence-corrected chi connectivity index (χ3v) is 4.85. The first-order valence-electron chi connectivity index (χ1n) is 9.68. The predicted molar refractivity (Wildman–Crippen MR) is 124 cm³/mol. The minimum absolute atomic E-state index is 0. The molecule has 6 heteroatoms. The van der Waals surface area contributed by atoms with E-state index in [0.29, 0.717) is 0 Å². The molecule has 0 unspecified atom stereocenters. The standard InChI is InChI=1S/C20H35N5.HI/c1-4-5-13-23(3)20(21-2)22-12-9-14-24-15-17-25(18-16-24)19-10-7-6-8-11-19;/h6-8,10-11H,4-5,9,12-18H2,1-3H3,(H,21,22);1H. The van der Waals surface area contributed by atoms with E-state index < -0.39 is 0 Å². The second-order valence-corrected chi connectivity index (χ2v) is 6.77. The molecule has 0 bridgehead atoms. The predicted octanol–water partition coefficient (Wildman–Crippen LogP) is 3.12. The molecule has 1 N–H and O–H groups in total.